The summed E-state index contributed by atoms with van der Waals surface area (Å²) >= 11 is 1.42. The van der Waals surface area contributed by atoms with Gasteiger partial charge < -0.3 is 9.80 Å². The molecule has 4 nitrogen and oxygen atoms in total. The molecule has 3 rings (SSSR count). The van der Waals surface area contributed by atoms with Crippen LogP contribution in [0.1, 0.15) is 15.4 Å². The van der Waals surface area contributed by atoms with Crippen molar-refractivity contribution in [2.24, 2.45) is 0 Å². The second kappa shape index (κ2) is 5.81. The van der Waals surface area contributed by atoms with E-state index >= 15 is 0 Å². The van der Waals surface area contributed by atoms with Gasteiger partial charge in [-0.2, -0.15) is 0 Å². The molecular formula is C15H16FN3OS. The first-order chi connectivity index (χ1) is 10.2. The predicted octanol–water partition coefficient (Wildman–Crippen LogP) is 2.73. The second-order valence-corrected chi connectivity index (χ2v) is 6.00. The molecule has 0 amide bonds. The van der Waals surface area contributed by atoms with Gasteiger partial charge in [-0.3, -0.25) is 4.79 Å². The minimum absolute atomic E-state index is 0.181. The van der Waals surface area contributed by atoms with E-state index in [0.717, 1.165) is 43.3 Å². The molecular weight excluding hydrogens is 289 g/mol. The van der Waals surface area contributed by atoms with Crippen LogP contribution in [0.3, 0.4) is 0 Å². The number of hydrogen-bond acceptors (Lipinski definition) is 5. The third-order valence-corrected chi connectivity index (χ3v) is 4.82. The zero-order valence-electron chi connectivity index (χ0n) is 11.8. The number of carbonyl (C=O) groups excluding carboxylic acids is 1. The molecule has 21 heavy (non-hydrogen) atoms. The van der Waals surface area contributed by atoms with Crippen LogP contribution in [0.15, 0.2) is 24.3 Å². The first-order valence-corrected chi connectivity index (χ1v) is 7.67. The Balaban J connectivity index is 1.70. The van der Waals surface area contributed by atoms with Crippen LogP contribution in [-0.2, 0) is 0 Å². The molecule has 1 saturated heterocycles. The van der Waals surface area contributed by atoms with E-state index in [4.69, 9.17) is 0 Å². The van der Waals surface area contributed by atoms with Gasteiger partial charge in [0.1, 0.15) is 5.82 Å². The summed E-state index contributed by atoms with van der Waals surface area (Å²) in [6.45, 7) is 4.89. The topological polar surface area (TPSA) is 36.4 Å². The Hall–Kier alpha value is -1.95. The Morgan fingerprint density at radius 2 is 1.86 bits per heavy atom. The number of nitrogens with zero attached hydrogens (tertiary/aromatic N) is 3. The SMILES string of the molecule is Cc1nc(N2CCN(c3ccccc3F)CC2)sc1C=O. The summed E-state index contributed by atoms with van der Waals surface area (Å²) < 4.78 is 13.8. The van der Waals surface area contributed by atoms with Gasteiger partial charge in [-0.25, -0.2) is 9.37 Å². The summed E-state index contributed by atoms with van der Waals surface area (Å²) in [5.74, 6) is -0.181. The van der Waals surface area contributed by atoms with E-state index in [1.807, 2.05) is 24.0 Å². The van der Waals surface area contributed by atoms with E-state index in [1.165, 1.54) is 17.4 Å². The van der Waals surface area contributed by atoms with Gasteiger partial charge in [-0.1, -0.05) is 23.5 Å². The first-order valence-electron chi connectivity index (χ1n) is 6.86. The molecule has 1 aromatic heterocycles. The number of aryl methyl sites for hydroxylation is 1. The molecule has 1 aliphatic rings. The molecule has 0 saturated carbocycles. The van der Waals surface area contributed by atoms with E-state index in [-0.39, 0.29) is 5.82 Å². The van der Waals surface area contributed by atoms with Gasteiger partial charge in [-0.05, 0) is 19.1 Å². The highest BCUT2D eigenvalue weighted by Crippen LogP contribution is 2.27. The van der Waals surface area contributed by atoms with Gasteiger partial charge >= 0.3 is 0 Å². The van der Waals surface area contributed by atoms with Gasteiger partial charge in [0.2, 0.25) is 0 Å². The molecule has 2 heterocycles. The number of anilines is 2. The fraction of sp³-hybridized carbons (Fsp3) is 0.333. The lowest BCUT2D eigenvalue weighted by Crippen LogP contribution is -2.46. The van der Waals surface area contributed by atoms with Crippen molar-refractivity contribution in [2.75, 3.05) is 36.0 Å². The Labute approximate surface area is 126 Å². The average Bonchev–Trinajstić information content (AvgIpc) is 2.89. The zero-order chi connectivity index (χ0) is 14.8. The summed E-state index contributed by atoms with van der Waals surface area (Å²) in [6.07, 6.45) is 0.853. The lowest BCUT2D eigenvalue weighted by Gasteiger charge is -2.36. The van der Waals surface area contributed by atoms with Crippen LogP contribution in [0.2, 0.25) is 0 Å². The normalized spacial score (nSPS) is 15.3. The molecule has 1 fully saturated rings. The first kappa shape index (κ1) is 14.0. The molecule has 110 valence electrons. The number of aromatic nitrogens is 1. The molecule has 0 unspecified atom stereocenters. The van der Waals surface area contributed by atoms with Crippen molar-refractivity contribution in [3.05, 3.63) is 40.7 Å². The number of hydrogen-bond donors (Lipinski definition) is 0. The van der Waals surface area contributed by atoms with Gasteiger partial charge in [0, 0.05) is 26.2 Å². The van der Waals surface area contributed by atoms with Crippen molar-refractivity contribution in [2.45, 2.75) is 6.92 Å². The molecule has 0 radical (unpaired) electrons. The minimum Gasteiger partial charge on any atom is -0.366 e. The predicted molar refractivity (Wildman–Crippen MR) is 83.1 cm³/mol. The van der Waals surface area contributed by atoms with Crippen LogP contribution in [0.5, 0.6) is 0 Å². The summed E-state index contributed by atoms with van der Waals surface area (Å²) in [6, 6.07) is 6.85. The summed E-state index contributed by atoms with van der Waals surface area (Å²) in [5.41, 5.74) is 1.43. The number of halogens is 1. The van der Waals surface area contributed by atoms with Crippen LogP contribution in [0, 0.1) is 12.7 Å². The van der Waals surface area contributed by atoms with E-state index < -0.39 is 0 Å². The smallest absolute Gasteiger partial charge is 0.186 e. The van der Waals surface area contributed by atoms with Crippen molar-refractivity contribution in [3.63, 3.8) is 0 Å². The maximum absolute atomic E-state index is 13.8. The number of carbonyl (C=O) groups is 1. The fourth-order valence-corrected chi connectivity index (χ4v) is 3.42. The van der Waals surface area contributed by atoms with Gasteiger partial charge in [0.25, 0.3) is 0 Å². The van der Waals surface area contributed by atoms with Crippen molar-refractivity contribution in [1.82, 2.24) is 4.98 Å². The standard InChI is InChI=1S/C15H16FN3OS/c1-11-14(10-20)21-15(17-11)19-8-6-18(7-9-19)13-5-3-2-4-12(13)16/h2-5,10H,6-9H2,1H3. The Morgan fingerprint density at radius 1 is 1.19 bits per heavy atom. The van der Waals surface area contributed by atoms with Crippen LogP contribution < -0.4 is 9.80 Å². The molecule has 0 N–H and O–H groups in total. The van der Waals surface area contributed by atoms with Crippen molar-refractivity contribution >= 4 is 28.4 Å². The lowest BCUT2D eigenvalue weighted by atomic mass is 10.2. The highest BCUT2D eigenvalue weighted by atomic mass is 32.1. The molecule has 2 aromatic rings. The lowest BCUT2D eigenvalue weighted by molar-refractivity contribution is 0.112. The number of para-hydroxylation sites is 1. The molecule has 1 aromatic carbocycles. The number of aldehydes is 1. The van der Waals surface area contributed by atoms with Crippen LogP contribution >= 0.6 is 11.3 Å². The second-order valence-electron chi connectivity index (χ2n) is 4.99. The highest BCUT2D eigenvalue weighted by molar-refractivity contribution is 7.17. The van der Waals surface area contributed by atoms with Crippen LogP contribution in [0.25, 0.3) is 0 Å². The van der Waals surface area contributed by atoms with E-state index in [2.05, 4.69) is 9.88 Å². The minimum atomic E-state index is -0.181. The Kier molecular flexibility index (Phi) is 3.88. The third-order valence-electron chi connectivity index (χ3n) is 3.67. The summed E-state index contributed by atoms with van der Waals surface area (Å²) in [7, 11) is 0. The number of benzene rings is 1. The maximum Gasteiger partial charge on any atom is 0.186 e. The molecule has 0 bridgehead atoms. The largest absolute Gasteiger partial charge is 0.366 e. The zero-order valence-corrected chi connectivity index (χ0v) is 12.6. The Bertz CT molecular complexity index is 650. The molecule has 0 aliphatic carbocycles. The average molecular weight is 305 g/mol. The highest BCUT2D eigenvalue weighted by Gasteiger charge is 2.22. The molecule has 6 heteroatoms. The van der Waals surface area contributed by atoms with E-state index in [9.17, 15) is 9.18 Å². The van der Waals surface area contributed by atoms with Crippen LogP contribution in [-0.4, -0.2) is 37.4 Å². The van der Waals surface area contributed by atoms with Gasteiger partial charge in [0.15, 0.2) is 11.4 Å². The molecule has 1 aliphatic heterocycles. The van der Waals surface area contributed by atoms with Crippen molar-refractivity contribution < 1.29 is 9.18 Å². The van der Waals surface area contributed by atoms with E-state index in [1.54, 1.807) is 6.07 Å². The third kappa shape index (κ3) is 2.76. The van der Waals surface area contributed by atoms with Gasteiger partial charge in [-0.15, -0.1) is 0 Å². The monoisotopic (exact) mass is 305 g/mol. The van der Waals surface area contributed by atoms with Crippen molar-refractivity contribution in [3.8, 4) is 0 Å². The number of piperazine rings is 1. The van der Waals surface area contributed by atoms with Crippen molar-refractivity contribution in [1.29, 1.82) is 0 Å². The quantitative estimate of drug-likeness (QED) is 0.817. The fourth-order valence-electron chi connectivity index (χ4n) is 2.49. The summed E-state index contributed by atoms with van der Waals surface area (Å²) in [4.78, 5) is 20.2. The molecule has 0 atom stereocenters. The van der Waals surface area contributed by atoms with Gasteiger partial charge in [0.05, 0.1) is 16.3 Å². The summed E-state index contributed by atoms with van der Waals surface area (Å²) in [5, 5.41) is 0.878. The maximum atomic E-state index is 13.8. The Morgan fingerprint density at radius 3 is 2.48 bits per heavy atom. The number of rotatable bonds is 3. The number of thiazole rings is 1. The van der Waals surface area contributed by atoms with Crippen LogP contribution in [0.4, 0.5) is 15.2 Å². The van der Waals surface area contributed by atoms with E-state index in [0.29, 0.717) is 10.6 Å². The molecule has 0 spiro atoms.